The number of methoxy groups -OCH3 is 3. The van der Waals surface area contributed by atoms with Gasteiger partial charge in [-0.1, -0.05) is 41.6 Å². The Hall–Kier alpha value is -4.65. The van der Waals surface area contributed by atoms with Crippen LogP contribution in [0.1, 0.15) is 28.0 Å². The summed E-state index contributed by atoms with van der Waals surface area (Å²) in [6.07, 6.45) is 0. The minimum absolute atomic E-state index is 0.0160. The molecule has 0 spiro atoms. The molecule has 0 saturated carbocycles. The lowest BCUT2D eigenvalue weighted by molar-refractivity contribution is -0.137. The molecule has 1 atom stereocenters. The highest BCUT2D eigenvalue weighted by atomic mass is 35.5. The largest absolute Gasteiger partial charge is 0.497 e. The first kappa shape index (κ1) is 34.7. The number of hydrogen-bond donors (Lipinski definition) is 1. The Kier molecular flexibility index (Phi) is 11.5. The van der Waals surface area contributed by atoms with Gasteiger partial charge in [0, 0.05) is 33.0 Å². The number of thiazole rings is 1. The van der Waals surface area contributed by atoms with Crippen molar-refractivity contribution in [3.05, 3.63) is 105 Å². The summed E-state index contributed by atoms with van der Waals surface area (Å²) in [5, 5.41) is 6.64. The van der Waals surface area contributed by atoms with Crippen LogP contribution in [0.5, 0.6) is 17.2 Å². The van der Waals surface area contributed by atoms with Crippen molar-refractivity contribution in [3.63, 3.8) is 0 Å². The van der Waals surface area contributed by atoms with Crippen LogP contribution in [0.3, 0.4) is 0 Å². The second kappa shape index (κ2) is 16.0. The number of aromatic nitrogens is 3. The summed E-state index contributed by atoms with van der Waals surface area (Å²) >= 11 is 8.71. The van der Waals surface area contributed by atoms with E-state index in [0.717, 1.165) is 22.6 Å². The third-order valence-electron chi connectivity index (χ3n) is 7.25. The summed E-state index contributed by atoms with van der Waals surface area (Å²) in [5.74, 6) is 0.800. The molecule has 2 heterocycles. The molecule has 0 aliphatic rings. The summed E-state index contributed by atoms with van der Waals surface area (Å²) < 4.78 is 16.3. The van der Waals surface area contributed by atoms with Gasteiger partial charge in [0.05, 0.1) is 39.3 Å². The van der Waals surface area contributed by atoms with Gasteiger partial charge < -0.3 is 24.4 Å². The zero-order valence-corrected chi connectivity index (χ0v) is 29.4. The monoisotopic (exact) mass is 703 g/mol. The van der Waals surface area contributed by atoms with Gasteiger partial charge in [0.15, 0.2) is 16.7 Å². The minimum atomic E-state index is -1.08. The van der Waals surface area contributed by atoms with Crippen molar-refractivity contribution in [2.24, 2.45) is 0 Å². The standard InChI is InChI=1S/C35H34ClN5O5S2/c1-21-16-22(2)38-35(37-21)48-20-32(42)41(18-31-40-28(19-47-31)23-6-9-25(36)10-7-23)33(24-8-15-29(45-4)30(17-24)46-5)34(43)39-26-11-13-27(44-3)14-12-26/h6-17,19,33H,18,20H2,1-5H3,(H,39,43). The van der Waals surface area contributed by atoms with Crippen LogP contribution >= 0.6 is 34.7 Å². The molecule has 1 unspecified atom stereocenters. The molecule has 0 aliphatic heterocycles. The van der Waals surface area contributed by atoms with Gasteiger partial charge >= 0.3 is 0 Å². The second-order valence-electron chi connectivity index (χ2n) is 10.6. The lowest BCUT2D eigenvalue weighted by atomic mass is 10.0. The van der Waals surface area contributed by atoms with E-state index >= 15 is 0 Å². The summed E-state index contributed by atoms with van der Waals surface area (Å²) in [5.41, 5.74) is 4.28. The SMILES string of the molecule is COc1ccc(NC(=O)C(c2ccc(OC)c(OC)c2)N(Cc2nc(-c3ccc(Cl)cc3)cs2)C(=O)CSc2nc(C)cc(C)n2)cc1. The van der Waals surface area contributed by atoms with E-state index in [1.807, 2.05) is 37.4 Å². The van der Waals surface area contributed by atoms with Gasteiger partial charge in [-0.05, 0) is 74.0 Å². The number of nitrogens with zero attached hydrogens (tertiary/aromatic N) is 4. The van der Waals surface area contributed by atoms with Crippen molar-refractivity contribution in [2.75, 3.05) is 32.4 Å². The van der Waals surface area contributed by atoms with Crippen LogP contribution in [0.15, 0.2) is 83.3 Å². The number of thioether (sulfide) groups is 1. The quantitative estimate of drug-likeness (QED) is 0.0990. The molecule has 48 heavy (non-hydrogen) atoms. The molecule has 2 amide bonds. The molecule has 0 radical (unpaired) electrons. The van der Waals surface area contributed by atoms with Crippen LogP contribution < -0.4 is 19.5 Å². The molecule has 248 valence electrons. The zero-order valence-electron chi connectivity index (χ0n) is 27.0. The average molecular weight is 704 g/mol. The van der Waals surface area contributed by atoms with Gasteiger partial charge in [0.2, 0.25) is 5.91 Å². The molecule has 2 aromatic heterocycles. The summed E-state index contributed by atoms with van der Waals surface area (Å²) in [7, 11) is 4.63. The number of anilines is 1. The van der Waals surface area contributed by atoms with E-state index < -0.39 is 11.9 Å². The van der Waals surface area contributed by atoms with Gasteiger partial charge in [-0.3, -0.25) is 9.59 Å². The average Bonchev–Trinajstić information content (AvgIpc) is 3.55. The van der Waals surface area contributed by atoms with Crippen molar-refractivity contribution < 1.29 is 23.8 Å². The third kappa shape index (κ3) is 8.62. The molecule has 0 fully saturated rings. The lowest BCUT2D eigenvalue weighted by Crippen LogP contribution is -2.41. The van der Waals surface area contributed by atoms with E-state index in [9.17, 15) is 9.59 Å². The first-order valence-corrected chi connectivity index (χ1v) is 17.0. The van der Waals surface area contributed by atoms with Gasteiger partial charge in [-0.25, -0.2) is 15.0 Å². The number of amides is 2. The number of carbonyl (C=O) groups excluding carboxylic acids is 2. The van der Waals surface area contributed by atoms with Crippen LogP contribution in [-0.2, 0) is 16.1 Å². The molecule has 5 aromatic rings. The van der Waals surface area contributed by atoms with Crippen molar-refractivity contribution >= 4 is 52.2 Å². The summed E-state index contributed by atoms with van der Waals surface area (Å²) in [4.78, 5) is 43.9. The molecule has 1 N–H and O–H groups in total. The fraction of sp³-hybridized carbons (Fsp3) is 0.229. The predicted molar refractivity (Wildman–Crippen MR) is 189 cm³/mol. The van der Waals surface area contributed by atoms with Crippen molar-refractivity contribution in [1.82, 2.24) is 19.9 Å². The third-order valence-corrected chi connectivity index (χ3v) is 9.16. The Morgan fingerprint density at radius 2 is 1.56 bits per heavy atom. The Morgan fingerprint density at radius 3 is 2.21 bits per heavy atom. The molecular weight excluding hydrogens is 670 g/mol. The maximum Gasteiger partial charge on any atom is 0.251 e. The number of ether oxygens (including phenoxy) is 3. The van der Waals surface area contributed by atoms with E-state index in [-0.39, 0.29) is 18.2 Å². The summed E-state index contributed by atoms with van der Waals surface area (Å²) in [6.45, 7) is 3.81. The summed E-state index contributed by atoms with van der Waals surface area (Å²) in [6, 6.07) is 20.3. The Morgan fingerprint density at radius 1 is 0.875 bits per heavy atom. The minimum Gasteiger partial charge on any atom is -0.497 e. The molecule has 3 aromatic carbocycles. The van der Waals surface area contributed by atoms with Crippen molar-refractivity contribution in [1.29, 1.82) is 0 Å². The molecule has 0 aliphatic carbocycles. The normalized spacial score (nSPS) is 11.5. The van der Waals surface area contributed by atoms with E-state index in [1.165, 1.54) is 42.2 Å². The number of nitrogens with one attached hydrogen (secondary N) is 1. The van der Waals surface area contributed by atoms with E-state index in [0.29, 0.717) is 43.7 Å². The fourth-order valence-electron chi connectivity index (χ4n) is 4.95. The number of carbonyl (C=O) groups is 2. The topological polar surface area (TPSA) is 116 Å². The first-order chi connectivity index (χ1) is 23.2. The Balaban J connectivity index is 1.55. The zero-order chi connectivity index (χ0) is 34.2. The van der Waals surface area contributed by atoms with Crippen LogP contribution in [0, 0.1) is 13.8 Å². The highest BCUT2D eigenvalue weighted by molar-refractivity contribution is 7.99. The number of hydrogen-bond acceptors (Lipinski definition) is 10. The fourth-order valence-corrected chi connectivity index (χ4v) is 6.72. The Bertz CT molecular complexity index is 1870. The molecule has 10 nitrogen and oxygen atoms in total. The molecule has 13 heteroatoms. The number of benzene rings is 3. The van der Waals surface area contributed by atoms with Gasteiger partial charge in [0.25, 0.3) is 5.91 Å². The highest BCUT2D eigenvalue weighted by Gasteiger charge is 2.33. The second-order valence-corrected chi connectivity index (χ2v) is 12.9. The van der Waals surface area contributed by atoms with Gasteiger partial charge in [-0.15, -0.1) is 11.3 Å². The van der Waals surface area contributed by atoms with Crippen molar-refractivity contribution in [2.45, 2.75) is 31.6 Å². The Labute approximate surface area is 292 Å². The van der Waals surface area contributed by atoms with E-state index in [1.54, 1.807) is 61.7 Å². The van der Waals surface area contributed by atoms with Crippen LogP contribution in [0.2, 0.25) is 5.02 Å². The lowest BCUT2D eigenvalue weighted by Gasteiger charge is -2.31. The van der Waals surface area contributed by atoms with Crippen molar-refractivity contribution in [3.8, 4) is 28.5 Å². The number of halogens is 1. The number of aryl methyl sites for hydroxylation is 2. The molecule has 0 saturated heterocycles. The van der Waals surface area contributed by atoms with Gasteiger partial charge in [-0.2, -0.15) is 0 Å². The predicted octanol–water partition coefficient (Wildman–Crippen LogP) is 7.40. The van der Waals surface area contributed by atoms with Crippen LogP contribution in [-0.4, -0.2) is 58.7 Å². The molecule has 5 rings (SSSR count). The highest BCUT2D eigenvalue weighted by Crippen LogP contribution is 2.35. The van der Waals surface area contributed by atoms with Crippen LogP contribution in [0.4, 0.5) is 5.69 Å². The van der Waals surface area contributed by atoms with E-state index in [2.05, 4.69) is 15.3 Å². The first-order valence-electron chi connectivity index (χ1n) is 14.8. The van der Waals surface area contributed by atoms with Gasteiger partial charge in [0.1, 0.15) is 16.8 Å². The maximum absolute atomic E-state index is 14.3. The number of rotatable bonds is 13. The maximum atomic E-state index is 14.3. The van der Waals surface area contributed by atoms with Crippen LogP contribution in [0.25, 0.3) is 11.3 Å². The molecular formula is C35H34ClN5O5S2. The smallest absolute Gasteiger partial charge is 0.251 e. The molecule has 0 bridgehead atoms. The van der Waals surface area contributed by atoms with E-state index in [4.69, 9.17) is 30.8 Å².